The van der Waals surface area contributed by atoms with Gasteiger partial charge in [-0.05, 0) is 29.4 Å². The third-order valence-electron chi connectivity index (χ3n) is 4.09. The molecule has 2 aromatic heterocycles. The van der Waals surface area contributed by atoms with Crippen LogP contribution < -0.4 is 10.3 Å². The van der Waals surface area contributed by atoms with E-state index in [9.17, 15) is 4.79 Å². The summed E-state index contributed by atoms with van der Waals surface area (Å²) in [6.07, 6.45) is 0. The molecule has 4 aromatic rings. The normalized spacial score (nSPS) is 11.6. The molecule has 0 saturated carbocycles. The van der Waals surface area contributed by atoms with Crippen LogP contribution in [0.5, 0.6) is 5.75 Å². The molecule has 0 aliphatic rings. The van der Waals surface area contributed by atoms with Gasteiger partial charge in [0.25, 0.3) is 5.55 Å². The van der Waals surface area contributed by atoms with Gasteiger partial charge >= 0.3 is 5.97 Å². The fourth-order valence-corrected chi connectivity index (χ4v) is 3.73. The summed E-state index contributed by atoms with van der Waals surface area (Å²) < 4.78 is 11.3. The Kier molecular flexibility index (Phi) is 5.33. The molecule has 0 aliphatic carbocycles. The lowest BCUT2D eigenvalue weighted by Crippen LogP contribution is -2.08. The lowest BCUT2D eigenvalue weighted by molar-refractivity contribution is -0.141. The van der Waals surface area contributed by atoms with E-state index in [4.69, 9.17) is 30.6 Å². The largest absolute Gasteiger partial charge is 0.493 e. The maximum absolute atomic E-state index is 11.3. The van der Waals surface area contributed by atoms with Crippen LogP contribution in [-0.2, 0) is 9.63 Å². The summed E-state index contributed by atoms with van der Waals surface area (Å²) in [4.78, 5) is 20.8. The Morgan fingerprint density at radius 2 is 2.00 bits per heavy atom. The Balaban J connectivity index is 1.88. The van der Waals surface area contributed by atoms with Crippen LogP contribution in [0.25, 0.3) is 32.8 Å². The van der Waals surface area contributed by atoms with E-state index in [1.807, 2.05) is 47.8 Å². The number of rotatable bonds is 4. The molecule has 8 heteroatoms. The van der Waals surface area contributed by atoms with Gasteiger partial charge in [0.05, 0.1) is 18.4 Å². The highest BCUT2D eigenvalue weighted by molar-refractivity contribution is 7.13. The average Bonchev–Trinajstić information content (AvgIpc) is 3.21. The van der Waals surface area contributed by atoms with Crippen molar-refractivity contribution in [3.05, 3.63) is 64.5 Å². The molecule has 2 aromatic carbocycles. The van der Waals surface area contributed by atoms with E-state index in [1.54, 1.807) is 13.2 Å². The first kappa shape index (κ1) is 19.2. The second kappa shape index (κ2) is 8.06. The van der Waals surface area contributed by atoms with Gasteiger partial charge in [0.15, 0.2) is 11.3 Å². The Hall–Kier alpha value is -3.16. The van der Waals surface area contributed by atoms with E-state index in [0.717, 1.165) is 16.6 Å². The number of hydrogen-bond donors (Lipinski definition) is 0. The molecule has 0 aliphatic heterocycles. The third-order valence-corrected chi connectivity index (χ3v) is 5.22. The molecule has 0 bridgehead atoms. The zero-order chi connectivity index (χ0) is 20.4. The number of thiazole rings is 1. The summed E-state index contributed by atoms with van der Waals surface area (Å²) in [5, 5.41) is 7.96. The van der Waals surface area contributed by atoms with Gasteiger partial charge < -0.3 is 14.0 Å². The molecular formula is C21H15ClN2O4S. The zero-order valence-corrected chi connectivity index (χ0v) is 17.1. The average molecular weight is 427 g/mol. The number of carbonyl (C=O) groups excluding carboxylic acids is 1. The van der Waals surface area contributed by atoms with Gasteiger partial charge in [-0.2, -0.15) is 0 Å². The Bertz CT molecular complexity index is 1260. The van der Waals surface area contributed by atoms with Crippen molar-refractivity contribution in [3.8, 4) is 27.6 Å². The lowest BCUT2D eigenvalue weighted by Gasteiger charge is -2.06. The predicted octanol–water partition coefficient (Wildman–Crippen LogP) is 5.26. The molecule has 0 N–H and O–H groups in total. The number of para-hydroxylation sites is 1. The summed E-state index contributed by atoms with van der Waals surface area (Å²) in [5.74, 6) is 0.00147. The molecule has 0 unspecified atom stereocenters. The minimum Gasteiger partial charge on any atom is -0.493 e. The monoisotopic (exact) mass is 426 g/mol. The number of nitrogens with zero attached hydrogens (tertiary/aromatic N) is 2. The summed E-state index contributed by atoms with van der Waals surface area (Å²) in [6, 6.07) is 14.9. The lowest BCUT2D eigenvalue weighted by atomic mass is 10.1. The van der Waals surface area contributed by atoms with Crippen molar-refractivity contribution >= 4 is 39.9 Å². The molecule has 0 fully saturated rings. The highest BCUT2D eigenvalue weighted by Gasteiger charge is 2.14. The van der Waals surface area contributed by atoms with Crippen LogP contribution in [-0.4, -0.2) is 18.1 Å². The Morgan fingerprint density at radius 1 is 1.21 bits per heavy atom. The van der Waals surface area contributed by atoms with Gasteiger partial charge in [-0.25, -0.2) is 9.78 Å². The van der Waals surface area contributed by atoms with E-state index in [2.05, 4.69) is 5.16 Å². The fourth-order valence-electron chi connectivity index (χ4n) is 2.76. The number of fused-ring (bicyclic) bond motifs is 1. The van der Waals surface area contributed by atoms with Crippen LogP contribution in [0.1, 0.15) is 6.92 Å². The van der Waals surface area contributed by atoms with Crippen molar-refractivity contribution in [1.29, 1.82) is 0 Å². The maximum Gasteiger partial charge on any atom is 0.332 e. The summed E-state index contributed by atoms with van der Waals surface area (Å²) in [5.41, 5.74) is 2.98. The second-order valence-corrected chi connectivity index (χ2v) is 7.36. The molecule has 0 atom stereocenters. The van der Waals surface area contributed by atoms with Crippen LogP contribution in [0.15, 0.2) is 63.5 Å². The van der Waals surface area contributed by atoms with E-state index >= 15 is 0 Å². The number of hydrogen-bond acceptors (Lipinski definition) is 7. The van der Waals surface area contributed by atoms with Crippen LogP contribution in [0.3, 0.4) is 0 Å². The van der Waals surface area contributed by atoms with Gasteiger partial charge in [-0.15, -0.1) is 11.3 Å². The highest BCUT2D eigenvalue weighted by atomic mass is 35.5. The van der Waals surface area contributed by atoms with Crippen molar-refractivity contribution in [2.24, 2.45) is 5.16 Å². The number of benzene rings is 2. The molecular weight excluding hydrogens is 412 g/mol. The minimum atomic E-state index is -0.549. The number of methoxy groups -OCH3 is 1. The minimum absolute atomic E-state index is 0.134. The van der Waals surface area contributed by atoms with Crippen LogP contribution >= 0.6 is 22.9 Å². The predicted molar refractivity (Wildman–Crippen MR) is 112 cm³/mol. The van der Waals surface area contributed by atoms with Crippen LogP contribution in [0.2, 0.25) is 5.02 Å². The molecule has 29 heavy (non-hydrogen) atoms. The first-order valence-corrected chi connectivity index (χ1v) is 9.85. The van der Waals surface area contributed by atoms with E-state index < -0.39 is 5.97 Å². The van der Waals surface area contributed by atoms with Crippen molar-refractivity contribution in [3.63, 3.8) is 0 Å². The molecule has 6 nitrogen and oxygen atoms in total. The van der Waals surface area contributed by atoms with Crippen molar-refractivity contribution in [1.82, 2.24) is 4.98 Å². The van der Waals surface area contributed by atoms with Crippen molar-refractivity contribution in [2.45, 2.75) is 6.92 Å². The number of aromatic nitrogens is 1. The van der Waals surface area contributed by atoms with Crippen LogP contribution in [0.4, 0.5) is 0 Å². The Labute approximate surface area is 175 Å². The zero-order valence-electron chi connectivity index (χ0n) is 15.5. The molecule has 0 amide bonds. The number of carbonyl (C=O) groups is 1. The molecule has 0 spiro atoms. The van der Waals surface area contributed by atoms with E-state index in [0.29, 0.717) is 26.9 Å². The van der Waals surface area contributed by atoms with Crippen LogP contribution in [0, 0.1) is 0 Å². The van der Waals surface area contributed by atoms with Gasteiger partial charge in [0, 0.05) is 28.3 Å². The van der Waals surface area contributed by atoms with Crippen molar-refractivity contribution in [2.75, 3.05) is 7.11 Å². The molecule has 0 saturated heterocycles. The van der Waals surface area contributed by atoms with Gasteiger partial charge in [0.2, 0.25) is 0 Å². The number of halogens is 1. The smallest absolute Gasteiger partial charge is 0.332 e. The van der Waals surface area contributed by atoms with Gasteiger partial charge in [0.1, 0.15) is 5.01 Å². The SMILES string of the molecule is COc1cccc2cc(-c3nc(-c4ccc(Cl)cc4)cs3)c(=NOC(C)=O)oc12. The first-order chi connectivity index (χ1) is 14.0. The first-order valence-electron chi connectivity index (χ1n) is 8.59. The molecule has 4 rings (SSSR count). The Morgan fingerprint density at radius 3 is 2.72 bits per heavy atom. The van der Waals surface area contributed by atoms with E-state index in [1.165, 1.54) is 18.3 Å². The summed E-state index contributed by atoms with van der Waals surface area (Å²) in [6.45, 7) is 1.27. The number of ether oxygens (including phenoxy) is 1. The standard InChI is InChI=1S/C21H15ClN2O4S/c1-12(25)28-24-20-16(10-14-4-3-5-18(26-2)19(14)27-20)21-23-17(11-29-21)13-6-8-15(22)9-7-13/h3-11H,1-2H3. The summed E-state index contributed by atoms with van der Waals surface area (Å²) >= 11 is 7.40. The topological polar surface area (TPSA) is 73.9 Å². The maximum atomic E-state index is 11.3. The van der Waals surface area contributed by atoms with E-state index in [-0.39, 0.29) is 5.55 Å². The highest BCUT2D eigenvalue weighted by Crippen LogP contribution is 2.31. The second-order valence-electron chi connectivity index (χ2n) is 6.06. The third kappa shape index (κ3) is 4.01. The summed E-state index contributed by atoms with van der Waals surface area (Å²) in [7, 11) is 1.56. The quantitative estimate of drug-likeness (QED) is 0.328. The van der Waals surface area contributed by atoms with Gasteiger partial charge in [-0.1, -0.05) is 35.9 Å². The van der Waals surface area contributed by atoms with Crippen molar-refractivity contribution < 1.29 is 18.8 Å². The molecule has 2 heterocycles. The fraction of sp³-hybridized carbons (Fsp3) is 0.0952. The molecule has 0 radical (unpaired) electrons. The van der Waals surface area contributed by atoms with Gasteiger partial charge in [-0.3, -0.25) is 0 Å². The molecule has 146 valence electrons.